The minimum absolute atomic E-state index is 0. The van der Waals surface area contributed by atoms with Crippen molar-refractivity contribution in [2.75, 3.05) is 0 Å². The van der Waals surface area contributed by atoms with E-state index in [9.17, 15) is 8.78 Å². The van der Waals surface area contributed by atoms with Gasteiger partial charge < -0.3 is 5.73 Å². The lowest BCUT2D eigenvalue weighted by molar-refractivity contribution is 0.492. The van der Waals surface area contributed by atoms with Crippen molar-refractivity contribution in [1.29, 1.82) is 0 Å². The number of rotatable bonds is 1. The van der Waals surface area contributed by atoms with Crippen molar-refractivity contribution in [1.82, 2.24) is 0 Å². The first-order valence-electron chi connectivity index (χ1n) is 3.32. The molecule has 0 aliphatic rings. The van der Waals surface area contributed by atoms with Gasteiger partial charge in [0.15, 0.2) is 11.6 Å². The Kier molecular flexibility index (Phi) is 4.13. The highest BCUT2D eigenvalue weighted by atomic mass is 35.5. The second-order valence-electron chi connectivity index (χ2n) is 2.43. The van der Waals surface area contributed by atoms with Crippen LogP contribution in [0.2, 0.25) is 0 Å². The Morgan fingerprint density at radius 1 is 1.33 bits per heavy atom. The highest BCUT2D eigenvalue weighted by Gasteiger charge is 2.09. The Morgan fingerprint density at radius 2 is 1.92 bits per heavy atom. The van der Waals surface area contributed by atoms with Gasteiger partial charge in [0.25, 0.3) is 0 Å². The van der Waals surface area contributed by atoms with Gasteiger partial charge in [-0.25, -0.2) is 8.78 Å². The van der Waals surface area contributed by atoms with Gasteiger partial charge in [-0.3, -0.25) is 0 Å². The quantitative estimate of drug-likeness (QED) is 0.728. The maximum Gasteiger partial charge on any atom is 0.163 e. The molecule has 1 atom stereocenters. The number of hydrogen-bond acceptors (Lipinski definition) is 1. The average Bonchev–Trinajstić information content (AvgIpc) is 1.94. The Morgan fingerprint density at radius 3 is 2.33 bits per heavy atom. The monoisotopic (exact) mass is 193 g/mol. The van der Waals surface area contributed by atoms with Gasteiger partial charge in [0, 0.05) is 11.6 Å². The molecule has 1 nitrogen and oxygen atoms in total. The highest BCUT2D eigenvalue weighted by molar-refractivity contribution is 5.85. The molecule has 0 aromatic heterocycles. The van der Waals surface area contributed by atoms with E-state index in [1.807, 2.05) is 0 Å². The van der Waals surface area contributed by atoms with E-state index in [4.69, 9.17) is 5.73 Å². The van der Waals surface area contributed by atoms with Crippen molar-refractivity contribution < 1.29 is 8.78 Å². The van der Waals surface area contributed by atoms with Gasteiger partial charge in [0.2, 0.25) is 0 Å². The van der Waals surface area contributed by atoms with E-state index >= 15 is 0 Å². The average molecular weight is 194 g/mol. The molecule has 0 unspecified atom stereocenters. The zero-order chi connectivity index (χ0) is 8.43. The van der Waals surface area contributed by atoms with E-state index in [1.54, 1.807) is 6.92 Å². The molecule has 0 aliphatic heterocycles. The molecule has 1 aromatic carbocycles. The van der Waals surface area contributed by atoms with Crippen LogP contribution in [0, 0.1) is 11.6 Å². The molecule has 0 saturated heterocycles. The molecule has 68 valence electrons. The fourth-order valence-corrected chi connectivity index (χ4v) is 0.872. The summed E-state index contributed by atoms with van der Waals surface area (Å²) < 4.78 is 25.3. The molecule has 0 saturated carbocycles. The van der Waals surface area contributed by atoms with Crippen LogP contribution < -0.4 is 5.73 Å². The van der Waals surface area contributed by atoms with E-state index in [2.05, 4.69) is 0 Å². The summed E-state index contributed by atoms with van der Waals surface area (Å²) in [6.45, 7) is 1.61. The van der Waals surface area contributed by atoms with Crippen LogP contribution in [0.4, 0.5) is 8.78 Å². The topological polar surface area (TPSA) is 26.0 Å². The smallest absolute Gasteiger partial charge is 0.163 e. The third kappa shape index (κ3) is 2.16. The normalized spacial score (nSPS) is 12.0. The van der Waals surface area contributed by atoms with Crippen LogP contribution in [0.15, 0.2) is 18.2 Å². The van der Waals surface area contributed by atoms with Crippen LogP contribution >= 0.6 is 12.4 Å². The van der Waals surface area contributed by atoms with Crippen molar-refractivity contribution in [2.45, 2.75) is 13.0 Å². The lowest BCUT2D eigenvalue weighted by atomic mass is 10.1. The van der Waals surface area contributed by atoms with Gasteiger partial charge in [0.1, 0.15) is 0 Å². The van der Waals surface area contributed by atoms with Crippen LogP contribution in [0.1, 0.15) is 18.5 Å². The minimum atomic E-state index is -0.847. The summed E-state index contributed by atoms with van der Waals surface area (Å²) in [6, 6.07) is 3.52. The molecule has 1 aromatic rings. The molecule has 0 radical (unpaired) electrons. The fourth-order valence-electron chi connectivity index (χ4n) is 0.872. The molecule has 0 bridgehead atoms. The molecule has 0 fully saturated rings. The first-order valence-corrected chi connectivity index (χ1v) is 3.32. The van der Waals surface area contributed by atoms with Gasteiger partial charge in [-0.1, -0.05) is 12.1 Å². The number of benzene rings is 1. The molecule has 1 rings (SSSR count). The zero-order valence-corrected chi connectivity index (χ0v) is 7.37. The lowest BCUT2D eigenvalue weighted by Crippen LogP contribution is -2.08. The molecule has 2 N–H and O–H groups in total. The number of hydrogen-bond donors (Lipinski definition) is 1. The third-order valence-corrected chi connectivity index (χ3v) is 1.47. The van der Waals surface area contributed by atoms with Crippen LogP contribution in [0.25, 0.3) is 0 Å². The highest BCUT2D eigenvalue weighted by Crippen LogP contribution is 2.16. The summed E-state index contributed by atoms with van der Waals surface area (Å²) in [5, 5.41) is 0. The zero-order valence-electron chi connectivity index (χ0n) is 6.55. The molecular formula is C8H10ClF2N. The largest absolute Gasteiger partial charge is 0.324 e. The molecule has 0 amide bonds. The summed E-state index contributed by atoms with van der Waals surface area (Å²) in [5.74, 6) is -1.69. The number of halogens is 3. The van der Waals surface area contributed by atoms with E-state index in [0.29, 0.717) is 0 Å². The molecule has 0 spiro atoms. The van der Waals surface area contributed by atoms with E-state index in [-0.39, 0.29) is 18.0 Å². The van der Waals surface area contributed by atoms with Crippen molar-refractivity contribution in [3.63, 3.8) is 0 Å². The predicted octanol–water partition coefficient (Wildman–Crippen LogP) is 2.41. The van der Waals surface area contributed by atoms with Crippen molar-refractivity contribution in [3.05, 3.63) is 35.4 Å². The van der Waals surface area contributed by atoms with Crippen LogP contribution in [-0.4, -0.2) is 0 Å². The molecule has 12 heavy (non-hydrogen) atoms. The molecule has 0 aliphatic carbocycles. The summed E-state index contributed by atoms with van der Waals surface area (Å²) in [6.07, 6.45) is 0. The Bertz CT molecular complexity index is 263. The maximum absolute atomic E-state index is 12.8. The summed E-state index contributed by atoms with van der Waals surface area (Å²) in [5.41, 5.74) is 5.59. The first-order chi connectivity index (χ1) is 5.13. The molecular weight excluding hydrogens is 184 g/mol. The van der Waals surface area contributed by atoms with E-state index in [1.165, 1.54) is 12.1 Å². The van der Waals surface area contributed by atoms with Crippen LogP contribution in [-0.2, 0) is 0 Å². The summed E-state index contributed by atoms with van der Waals surface area (Å²) >= 11 is 0. The third-order valence-electron chi connectivity index (χ3n) is 1.47. The Hall–Kier alpha value is -0.670. The minimum Gasteiger partial charge on any atom is -0.324 e. The maximum atomic E-state index is 12.8. The Balaban J connectivity index is 0.00000121. The molecule has 0 heterocycles. The first kappa shape index (κ1) is 11.3. The summed E-state index contributed by atoms with van der Waals surface area (Å²) in [7, 11) is 0. The second kappa shape index (κ2) is 4.38. The van der Waals surface area contributed by atoms with Crippen molar-refractivity contribution >= 4 is 12.4 Å². The molecule has 4 heteroatoms. The second-order valence-corrected chi connectivity index (χ2v) is 2.43. The van der Waals surface area contributed by atoms with Gasteiger partial charge in [-0.15, -0.1) is 12.4 Å². The van der Waals surface area contributed by atoms with Crippen molar-refractivity contribution in [2.24, 2.45) is 5.73 Å². The Labute approximate surface area is 76.0 Å². The van der Waals surface area contributed by atoms with E-state index < -0.39 is 17.7 Å². The van der Waals surface area contributed by atoms with Gasteiger partial charge in [-0.05, 0) is 13.0 Å². The predicted molar refractivity (Wildman–Crippen MR) is 46.2 cm³/mol. The van der Waals surface area contributed by atoms with E-state index in [0.717, 1.165) is 6.07 Å². The van der Waals surface area contributed by atoms with Gasteiger partial charge in [0.05, 0.1) is 0 Å². The lowest BCUT2D eigenvalue weighted by Gasteiger charge is -2.06. The standard InChI is InChI=1S/C8H9F2N.ClH/c1-5(11)6-3-2-4-7(9)8(6)10;/h2-5H,11H2,1H3;1H/t5-;/m1./s1. The fraction of sp³-hybridized carbons (Fsp3) is 0.250. The van der Waals surface area contributed by atoms with Gasteiger partial charge >= 0.3 is 0 Å². The SMILES string of the molecule is C[C@@H](N)c1cccc(F)c1F.Cl. The van der Waals surface area contributed by atoms with Crippen LogP contribution in [0.3, 0.4) is 0 Å². The van der Waals surface area contributed by atoms with Crippen molar-refractivity contribution in [3.8, 4) is 0 Å². The number of nitrogens with two attached hydrogens (primary N) is 1. The van der Waals surface area contributed by atoms with Crippen LogP contribution in [0.5, 0.6) is 0 Å². The summed E-state index contributed by atoms with van der Waals surface area (Å²) in [4.78, 5) is 0. The van der Waals surface area contributed by atoms with Gasteiger partial charge in [-0.2, -0.15) is 0 Å².